The van der Waals surface area contributed by atoms with Crippen molar-refractivity contribution in [2.24, 2.45) is 0 Å². The molecule has 1 atom stereocenters. The first-order valence-electron chi connectivity index (χ1n) is 6.21. The fraction of sp³-hybridized carbons (Fsp3) is 0.583. The van der Waals surface area contributed by atoms with Gasteiger partial charge in [0.2, 0.25) is 5.95 Å². The Morgan fingerprint density at radius 1 is 1.39 bits per heavy atom. The van der Waals surface area contributed by atoms with Gasteiger partial charge >= 0.3 is 6.09 Å². The van der Waals surface area contributed by atoms with Crippen LogP contribution in [-0.2, 0) is 4.74 Å². The molecule has 0 N–H and O–H groups in total. The lowest BCUT2D eigenvalue weighted by Crippen LogP contribution is -2.61. The minimum atomic E-state index is -0.214. The summed E-state index contributed by atoms with van der Waals surface area (Å²) in [6.07, 6.45) is 4.17. The van der Waals surface area contributed by atoms with Crippen molar-refractivity contribution in [1.29, 1.82) is 0 Å². The first-order valence-corrected chi connectivity index (χ1v) is 6.21. The molecule has 2 aliphatic heterocycles. The predicted molar refractivity (Wildman–Crippen MR) is 65.3 cm³/mol. The summed E-state index contributed by atoms with van der Waals surface area (Å²) in [5, 5.41) is 0. The number of nitrogens with zero attached hydrogens (tertiary/aromatic N) is 4. The summed E-state index contributed by atoms with van der Waals surface area (Å²) in [6.45, 7) is 4.71. The molecule has 2 saturated heterocycles. The quantitative estimate of drug-likeness (QED) is 0.778. The van der Waals surface area contributed by atoms with Crippen molar-refractivity contribution >= 4 is 12.0 Å². The highest BCUT2D eigenvalue weighted by Crippen LogP contribution is 2.32. The Morgan fingerprint density at radius 3 is 2.89 bits per heavy atom. The van der Waals surface area contributed by atoms with Gasteiger partial charge in [-0.1, -0.05) is 6.92 Å². The van der Waals surface area contributed by atoms with Crippen LogP contribution in [0.2, 0.25) is 0 Å². The van der Waals surface area contributed by atoms with Gasteiger partial charge in [0.25, 0.3) is 0 Å². The first kappa shape index (κ1) is 11.3. The Bertz CT molecular complexity index is 453. The lowest BCUT2D eigenvalue weighted by atomic mass is 9.93. The summed E-state index contributed by atoms with van der Waals surface area (Å²) in [5.41, 5.74) is -0.214. The van der Waals surface area contributed by atoms with E-state index in [0.717, 1.165) is 25.5 Å². The second-order valence-corrected chi connectivity index (χ2v) is 4.75. The third-order valence-electron chi connectivity index (χ3n) is 3.83. The Morgan fingerprint density at radius 2 is 2.17 bits per heavy atom. The monoisotopic (exact) mass is 248 g/mol. The largest absolute Gasteiger partial charge is 0.447 e. The smallest absolute Gasteiger partial charge is 0.410 e. The van der Waals surface area contributed by atoms with E-state index in [1.165, 1.54) is 0 Å². The van der Waals surface area contributed by atoms with Crippen LogP contribution in [0, 0.1) is 0 Å². The van der Waals surface area contributed by atoms with Crippen molar-refractivity contribution in [3.05, 3.63) is 18.5 Å². The number of aromatic nitrogens is 2. The highest BCUT2D eigenvalue weighted by Gasteiger charge is 2.49. The number of anilines is 1. The second kappa shape index (κ2) is 4.12. The maximum atomic E-state index is 11.7. The van der Waals surface area contributed by atoms with Crippen LogP contribution in [-0.4, -0.2) is 52.7 Å². The number of ether oxygens (including phenoxy) is 1. The lowest BCUT2D eigenvalue weighted by Gasteiger charge is -2.44. The number of fused-ring (bicyclic) bond motifs is 1. The van der Waals surface area contributed by atoms with Gasteiger partial charge in [-0.05, 0) is 12.5 Å². The van der Waals surface area contributed by atoms with Crippen molar-refractivity contribution in [1.82, 2.24) is 14.9 Å². The maximum absolute atomic E-state index is 11.7. The van der Waals surface area contributed by atoms with Crippen LogP contribution in [0.4, 0.5) is 10.7 Å². The average Bonchev–Trinajstić information content (AvgIpc) is 2.77. The summed E-state index contributed by atoms with van der Waals surface area (Å²) in [7, 11) is 0. The molecule has 96 valence electrons. The highest BCUT2D eigenvalue weighted by atomic mass is 16.6. The van der Waals surface area contributed by atoms with Crippen LogP contribution in [0.1, 0.15) is 13.3 Å². The lowest BCUT2D eigenvalue weighted by molar-refractivity contribution is 0.137. The summed E-state index contributed by atoms with van der Waals surface area (Å²) < 4.78 is 5.20. The molecule has 1 unspecified atom stereocenters. The molecule has 0 bridgehead atoms. The van der Waals surface area contributed by atoms with Gasteiger partial charge in [0.15, 0.2) is 0 Å². The first-order chi connectivity index (χ1) is 8.75. The van der Waals surface area contributed by atoms with Crippen molar-refractivity contribution in [2.45, 2.75) is 18.9 Å². The number of cyclic esters (lactones) is 1. The standard InChI is InChI=1S/C12H16N4O2/c1-2-12-8-15(10-13-4-3-5-14-10)6-7-16(12)11(17)18-9-12/h3-5H,2,6-9H2,1H3. The molecule has 0 spiro atoms. The van der Waals surface area contributed by atoms with E-state index in [9.17, 15) is 4.79 Å². The molecular formula is C12H16N4O2. The van der Waals surface area contributed by atoms with Crippen molar-refractivity contribution in [2.75, 3.05) is 31.1 Å². The second-order valence-electron chi connectivity index (χ2n) is 4.75. The predicted octanol–water partition coefficient (Wildman–Crippen LogP) is 0.898. The molecule has 2 fully saturated rings. The molecule has 6 nitrogen and oxygen atoms in total. The van der Waals surface area contributed by atoms with Gasteiger partial charge in [-0.3, -0.25) is 4.90 Å². The minimum absolute atomic E-state index is 0.189. The van der Waals surface area contributed by atoms with E-state index in [2.05, 4.69) is 21.8 Å². The number of carbonyl (C=O) groups excluding carboxylic acids is 1. The third-order valence-corrected chi connectivity index (χ3v) is 3.83. The third kappa shape index (κ3) is 1.60. The molecule has 0 aliphatic carbocycles. The summed E-state index contributed by atoms with van der Waals surface area (Å²) in [5.74, 6) is 0.726. The number of carbonyl (C=O) groups is 1. The van der Waals surface area contributed by atoms with E-state index in [-0.39, 0.29) is 11.6 Å². The molecule has 6 heteroatoms. The topological polar surface area (TPSA) is 58.6 Å². The number of piperazine rings is 1. The number of amides is 1. The molecule has 0 radical (unpaired) electrons. The Hall–Kier alpha value is -1.85. The van der Waals surface area contributed by atoms with E-state index in [1.54, 1.807) is 18.5 Å². The van der Waals surface area contributed by atoms with Crippen LogP contribution in [0.15, 0.2) is 18.5 Å². The maximum Gasteiger partial charge on any atom is 0.410 e. The molecule has 0 saturated carbocycles. The SMILES string of the molecule is CCC12COC(=O)N1CCN(c1ncccn1)C2. The summed E-state index contributed by atoms with van der Waals surface area (Å²) >= 11 is 0. The molecule has 0 aromatic carbocycles. The molecule has 3 rings (SSSR count). The van der Waals surface area contributed by atoms with E-state index >= 15 is 0 Å². The van der Waals surface area contributed by atoms with Gasteiger partial charge in [0.05, 0.1) is 5.54 Å². The van der Waals surface area contributed by atoms with Gasteiger partial charge in [-0.25, -0.2) is 14.8 Å². The van der Waals surface area contributed by atoms with E-state index in [1.807, 2.05) is 4.90 Å². The zero-order valence-corrected chi connectivity index (χ0v) is 10.4. The normalized spacial score (nSPS) is 27.1. The Balaban J connectivity index is 1.85. The molecule has 3 heterocycles. The molecule has 1 aromatic rings. The van der Waals surface area contributed by atoms with Crippen LogP contribution in [0.25, 0.3) is 0 Å². The number of rotatable bonds is 2. The highest BCUT2D eigenvalue weighted by molar-refractivity contribution is 5.72. The fourth-order valence-electron chi connectivity index (χ4n) is 2.69. The Kier molecular flexibility index (Phi) is 2.57. The van der Waals surface area contributed by atoms with Gasteiger partial charge in [-0.2, -0.15) is 0 Å². The molecule has 1 amide bonds. The Labute approximate surface area is 106 Å². The van der Waals surface area contributed by atoms with Crippen molar-refractivity contribution in [3.63, 3.8) is 0 Å². The average molecular weight is 248 g/mol. The van der Waals surface area contributed by atoms with Gasteiger partial charge in [0.1, 0.15) is 6.61 Å². The zero-order chi connectivity index (χ0) is 12.6. The van der Waals surface area contributed by atoms with Gasteiger partial charge in [0, 0.05) is 32.0 Å². The van der Waals surface area contributed by atoms with Crippen LogP contribution in [0.3, 0.4) is 0 Å². The van der Waals surface area contributed by atoms with E-state index < -0.39 is 0 Å². The van der Waals surface area contributed by atoms with Gasteiger partial charge in [-0.15, -0.1) is 0 Å². The van der Waals surface area contributed by atoms with E-state index in [0.29, 0.717) is 13.2 Å². The van der Waals surface area contributed by atoms with Crippen LogP contribution < -0.4 is 4.90 Å². The van der Waals surface area contributed by atoms with Crippen LogP contribution in [0.5, 0.6) is 0 Å². The molecule has 1 aromatic heterocycles. The van der Waals surface area contributed by atoms with Gasteiger partial charge < -0.3 is 9.64 Å². The molecular weight excluding hydrogens is 232 g/mol. The number of hydrogen-bond donors (Lipinski definition) is 0. The number of hydrogen-bond acceptors (Lipinski definition) is 5. The van der Waals surface area contributed by atoms with Crippen molar-refractivity contribution < 1.29 is 9.53 Å². The summed E-state index contributed by atoms with van der Waals surface area (Å²) in [4.78, 5) is 24.2. The minimum Gasteiger partial charge on any atom is -0.447 e. The zero-order valence-electron chi connectivity index (χ0n) is 10.4. The van der Waals surface area contributed by atoms with E-state index in [4.69, 9.17) is 4.74 Å². The van der Waals surface area contributed by atoms with Crippen LogP contribution >= 0.6 is 0 Å². The summed E-state index contributed by atoms with van der Waals surface area (Å²) in [6, 6.07) is 1.80. The molecule has 2 aliphatic rings. The fourth-order valence-corrected chi connectivity index (χ4v) is 2.69. The molecule has 18 heavy (non-hydrogen) atoms. The van der Waals surface area contributed by atoms with Crippen molar-refractivity contribution in [3.8, 4) is 0 Å².